The molecular formula is C13H16BrNO3S. The molecule has 1 N–H and O–H groups in total. The molecule has 1 atom stereocenters. The molecule has 104 valence electrons. The average molecular weight is 346 g/mol. The first-order valence-corrected chi connectivity index (χ1v) is 7.97. The first-order chi connectivity index (χ1) is 9.06. The summed E-state index contributed by atoms with van der Waals surface area (Å²) in [5.41, 5.74) is 0. The Morgan fingerprint density at radius 3 is 2.95 bits per heavy atom. The van der Waals surface area contributed by atoms with Gasteiger partial charge in [-0.05, 0) is 41.3 Å². The number of aryl methyl sites for hydroxylation is 1. The molecule has 0 saturated carbocycles. The number of carbonyl (C=O) groups excluding carboxylic acids is 1. The Kier molecular flexibility index (Phi) is 4.99. The van der Waals surface area contributed by atoms with Crippen LogP contribution in [0.2, 0.25) is 0 Å². The van der Waals surface area contributed by atoms with E-state index < -0.39 is 11.9 Å². The third-order valence-electron chi connectivity index (χ3n) is 3.33. The first-order valence-electron chi connectivity index (χ1n) is 6.30. The van der Waals surface area contributed by atoms with E-state index in [1.54, 1.807) is 16.2 Å². The normalized spacial score (nSPS) is 19.4. The van der Waals surface area contributed by atoms with Crippen molar-refractivity contribution < 1.29 is 14.7 Å². The lowest BCUT2D eigenvalue weighted by molar-refractivity contribution is -0.145. The summed E-state index contributed by atoms with van der Waals surface area (Å²) in [4.78, 5) is 25.9. The predicted molar refractivity (Wildman–Crippen MR) is 77.3 cm³/mol. The molecule has 2 rings (SSSR count). The second-order valence-corrected chi connectivity index (χ2v) is 6.66. The zero-order valence-electron chi connectivity index (χ0n) is 10.5. The summed E-state index contributed by atoms with van der Waals surface area (Å²) >= 11 is 5.02. The van der Waals surface area contributed by atoms with Gasteiger partial charge in [0.1, 0.15) is 0 Å². The Bertz CT molecular complexity index is 474. The number of carbonyl (C=O) groups is 2. The van der Waals surface area contributed by atoms with Crippen molar-refractivity contribution in [2.24, 2.45) is 5.92 Å². The van der Waals surface area contributed by atoms with Crippen LogP contribution in [-0.2, 0) is 16.0 Å². The molecule has 1 aromatic rings. The lowest BCUT2D eigenvalue weighted by Crippen LogP contribution is -2.42. The Morgan fingerprint density at radius 1 is 1.53 bits per heavy atom. The Hall–Kier alpha value is -0.880. The Balaban J connectivity index is 1.84. The van der Waals surface area contributed by atoms with E-state index in [9.17, 15) is 9.59 Å². The van der Waals surface area contributed by atoms with Crippen molar-refractivity contribution in [3.05, 3.63) is 20.8 Å². The minimum atomic E-state index is -0.792. The summed E-state index contributed by atoms with van der Waals surface area (Å²) in [6, 6.07) is 2.02. The molecule has 1 aliphatic rings. The summed E-state index contributed by atoms with van der Waals surface area (Å²) in [5.74, 6) is -1.12. The van der Waals surface area contributed by atoms with E-state index in [0.29, 0.717) is 25.9 Å². The monoisotopic (exact) mass is 345 g/mol. The van der Waals surface area contributed by atoms with Crippen LogP contribution in [0.3, 0.4) is 0 Å². The summed E-state index contributed by atoms with van der Waals surface area (Å²) in [5, 5.41) is 11.0. The van der Waals surface area contributed by atoms with Crippen LogP contribution >= 0.6 is 27.3 Å². The van der Waals surface area contributed by atoms with Gasteiger partial charge in [-0.2, -0.15) is 0 Å². The van der Waals surface area contributed by atoms with Crippen molar-refractivity contribution in [1.82, 2.24) is 4.90 Å². The average Bonchev–Trinajstić information content (AvgIpc) is 2.82. The van der Waals surface area contributed by atoms with Crippen molar-refractivity contribution in [2.75, 3.05) is 13.1 Å². The van der Waals surface area contributed by atoms with Gasteiger partial charge in [0, 0.05) is 34.2 Å². The van der Waals surface area contributed by atoms with Crippen LogP contribution < -0.4 is 0 Å². The molecule has 2 heterocycles. The van der Waals surface area contributed by atoms with Crippen LogP contribution in [0.4, 0.5) is 0 Å². The zero-order valence-corrected chi connectivity index (χ0v) is 12.9. The minimum Gasteiger partial charge on any atom is -0.481 e. The number of piperidine rings is 1. The highest BCUT2D eigenvalue weighted by molar-refractivity contribution is 9.10. The molecule has 0 aliphatic carbocycles. The Labute approximate surface area is 124 Å². The smallest absolute Gasteiger partial charge is 0.308 e. The van der Waals surface area contributed by atoms with E-state index in [2.05, 4.69) is 15.9 Å². The van der Waals surface area contributed by atoms with Crippen molar-refractivity contribution in [1.29, 1.82) is 0 Å². The fraction of sp³-hybridized carbons (Fsp3) is 0.538. The number of carboxylic acid groups (broad SMARTS) is 1. The maximum atomic E-state index is 12.1. The standard InChI is InChI=1S/C13H16BrNO3S/c14-10-6-11(19-8-10)3-4-12(16)15-5-1-2-9(7-15)13(17)18/h6,8-9H,1-5,7H2,(H,17,18)/t9-/m0/s1. The number of hydrogen-bond donors (Lipinski definition) is 1. The second kappa shape index (κ2) is 6.52. The third kappa shape index (κ3) is 4.04. The van der Waals surface area contributed by atoms with Crippen LogP contribution in [0.5, 0.6) is 0 Å². The number of hydrogen-bond acceptors (Lipinski definition) is 3. The highest BCUT2D eigenvalue weighted by Crippen LogP contribution is 2.22. The van der Waals surface area contributed by atoms with E-state index in [-0.39, 0.29) is 5.91 Å². The quantitative estimate of drug-likeness (QED) is 0.912. The van der Waals surface area contributed by atoms with Gasteiger partial charge in [0.25, 0.3) is 0 Å². The van der Waals surface area contributed by atoms with Crippen LogP contribution in [0, 0.1) is 5.92 Å². The molecule has 4 nitrogen and oxygen atoms in total. The molecule has 0 unspecified atom stereocenters. The van der Waals surface area contributed by atoms with Crippen LogP contribution in [-0.4, -0.2) is 35.0 Å². The number of rotatable bonds is 4. The van der Waals surface area contributed by atoms with E-state index in [1.165, 1.54) is 4.88 Å². The molecular weight excluding hydrogens is 330 g/mol. The second-order valence-electron chi connectivity index (χ2n) is 4.75. The van der Waals surface area contributed by atoms with Crippen LogP contribution in [0.15, 0.2) is 15.9 Å². The van der Waals surface area contributed by atoms with Gasteiger partial charge < -0.3 is 10.0 Å². The maximum absolute atomic E-state index is 12.1. The molecule has 6 heteroatoms. The summed E-state index contributed by atoms with van der Waals surface area (Å²) in [6.07, 6.45) is 2.65. The minimum absolute atomic E-state index is 0.0653. The van der Waals surface area contributed by atoms with Crippen molar-refractivity contribution in [3.63, 3.8) is 0 Å². The molecule has 1 saturated heterocycles. The third-order valence-corrected chi connectivity index (χ3v) is 5.09. The van der Waals surface area contributed by atoms with Gasteiger partial charge in [0.15, 0.2) is 0 Å². The van der Waals surface area contributed by atoms with Gasteiger partial charge in [-0.25, -0.2) is 0 Å². The molecule has 1 aromatic heterocycles. The maximum Gasteiger partial charge on any atom is 0.308 e. The van der Waals surface area contributed by atoms with Gasteiger partial charge in [0.2, 0.25) is 5.91 Å². The van der Waals surface area contributed by atoms with Crippen molar-refractivity contribution >= 4 is 39.1 Å². The summed E-state index contributed by atoms with van der Waals surface area (Å²) < 4.78 is 1.05. The fourth-order valence-corrected chi connectivity index (χ4v) is 3.73. The molecule has 0 radical (unpaired) electrons. The van der Waals surface area contributed by atoms with E-state index >= 15 is 0 Å². The van der Waals surface area contributed by atoms with Gasteiger partial charge in [-0.15, -0.1) is 11.3 Å². The highest BCUT2D eigenvalue weighted by Gasteiger charge is 2.27. The first kappa shape index (κ1) is 14.5. The lowest BCUT2D eigenvalue weighted by Gasteiger charge is -2.30. The number of carboxylic acids is 1. The molecule has 19 heavy (non-hydrogen) atoms. The molecule has 1 fully saturated rings. The molecule has 0 spiro atoms. The number of amides is 1. The summed E-state index contributed by atoms with van der Waals surface area (Å²) in [7, 11) is 0. The number of aliphatic carboxylic acids is 1. The van der Waals surface area contributed by atoms with Gasteiger partial charge in [-0.1, -0.05) is 0 Å². The summed E-state index contributed by atoms with van der Waals surface area (Å²) in [6.45, 7) is 1.05. The molecule has 1 aliphatic heterocycles. The van der Waals surface area contributed by atoms with Gasteiger partial charge in [-0.3, -0.25) is 9.59 Å². The zero-order chi connectivity index (χ0) is 13.8. The molecule has 0 bridgehead atoms. The molecule has 0 aromatic carbocycles. The number of thiophene rings is 1. The topological polar surface area (TPSA) is 57.6 Å². The molecule has 1 amide bonds. The van der Waals surface area contributed by atoms with Crippen LogP contribution in [0.1, 0.15) is 24.1 Å². The van der Waals surface area contributed by atoms with Crippen molar-refractivity contribution in [2.45, 2.75) is 25.7 Å². The van der Waals surface area contributed by atoms with E-state index in [1.807, 2.05) is 11.4 Å². The van der Waals surface area contributed by atoms with Gasteiger partial charge >= 0.3 is 5.97 Å². The predicted octanol–water partition coefficient (Wildman–Crippen LogP) is 2.77. The van der Waals surface area contributed by atoms with E-state index in [4.69, 9.17) is 5.11 Å². The lowest BCUT2D eigenvalue weighted by atomic mass is 9.98. The number of likely N-dealkylation sites (tertiary alicyclic amines) is 1. The van der Waals surface area contributed by atoms with Gasteiger partial charge in [0.05, 0.1) is 5.92 Å². The number of nitrogens with zero attached hydrogens (tertiary/aromatic N) is 1. The van der Waals surface area contributed by atoms with Crippen molar-refractivity contribution in [3.8, 4) is 0 Å². The number of halogens is 1. The largest absolute Gasteiger partial charge is 0.481 e. The SMILES string of the molecule is O=C(O)[C@H]1CCCN(C(=O)CCc2cc(Br)cs2)C1. The fourth-order valence-electron chi connectivity index (χ4n) is 2.28. The highest BCUT2D eigenvalue weighted by atomic mass is 79.9. The van der Waals surface area contributed by atoms with Crippen LogP contribution in [0.25, 0.3) is 0 Å². The van der Waals surface area contributed by atoms with E-state index in [0.717, 1.165) is 17.3 Å². The Morgan fingerprint density at radius 2 is 2.32 bits per heavy atom.